The molecule has 28 heteroatoms. The summed E-state index contributed by atoms with van der Waals surface area (Å²) in [7, 11) is 0. The Kier molecular flexibility index (Phi) is 9.45. The number of ether oxygens (including phenoxy) is 2. The molecule has 0 aromatic carbocycles. The number of Topliss-reactive ketones (excluding diaryl/α,β-unsaturated/α-hetero) is 1. The van der Waals surface area contributed by atoms with Gasteiger partial charge in [0.05, 0.1) is 0 Å². The Labute approximate surface area is 199 Å². The zero-order valence-corrected chi connectivity index (χ0v) is 16.8. The largest absolute Gasteiger partial charge is 0.462 e. The molecule has 2 atom stereocenters. The first-order valence-electron chi connectivity index (χ1n) is 7.96. The Morgan fingerprint density at radius 3 is 1.05 bits per heavy atom. The molecular weight excluding hydrogens is 658 g/mol. The number of ketones is 1. The Balaban J connectivity index is 6.65. The van der Waals surface area contributed by atoms with Crippen molar-refractivity contribution in [3.05, 3.63) is 0 Å². The van der Waals surface area contributed by atoms with Crippen molar-refractivity contribution in [1.82, 2.24) is 0 Å². The molecule has 0 bridgehead atoms. The fourth-order valence-corrected chi connectivity index (χ4v) is 1.43. The van der Waals surface area contributed by atoms with E-state index < -0.39 is 72.4 Å². The number of carbonyl (C=O) groups excluding carboxylic acids is 2. The molecule has 0 rings (SSSR count). The van der Waals surface area contributed by atoms with Crippen LogP contribution in [0.15, 0.2) is 0 Å². The topological polar surface area (TPSA) is 71.1 Å². The van der Waals surface area contributed by atoms with Gasteiger partial charge in [-0.1, -0.05) is 0 Å². The van der Waals surface area contributed by atoms with Crippen molar-refractivity contribution in [2.24, 2.45) is 0 Å². The van der Waals surface area contributed by atoms with Crippen molar-refractivity contribution in [3.8, 4) is 0 Å². The summed E-state index contributed by atoms with van der Waals surface area (Å²) in [6, 6.07) is -7.27. The van der Waals surface area contributed by atoms with Crippen molar-refractivity contribution >= 4 is 11.8 Å². The highest BCUT2D eigenvalue weighted by atomic mass is 19.4. The van der Waals surface area contributed by atoms with Crippen LogP contribution in [0.25, 0.3) is 0 Å². The molecule has 0 N–H and O–H groups in total. The van der Waals surface area contributed by atoms with E-state index in [1.54, 1.807) is 4.74 Å². The second-order valence-electron chi connectivity index (χ2n) is 6.29. The molecule has 0 spiro atoms. The molecule has 0 fully saturated rings. The molecule has 0 aromatic rings. The highest BCUT2D eigenvalue weighted by Crippen LogP contribution is 2.52. The second kappa shape index (κ2) is 10.1. The van der Waals surface area contributed by atoms with Gasteiger partial charge in [-0.2, -0.15) is 96.6 Å². The van der Waals surface area contributed by atoms with Crippen LogP contribution in [-0.4, -0.2) is 72.4 Å². The molecule has 40 heavy (non-hydrogen) atoms. The summed E-state index contributed by atoms with van der Waals surface area (Å²) in [5.41, 5.74) is 0. The van der Waals surface area contributed by atoms with E-state index in [-0.39, 0.29) is 0 Å². The summed E-state index contributed by atoms with van der Waals surface area (Å²) in [6.07, 6.45) is -46.0. The molecule has 0 aliphatic carbocycles. The van der Waals surface area contributed by atoms with E-state index >= 15 is 0 Å². The van der Waals surface area contributed by atoms with E-state index in [1.165, 1.54) is 4.74 Å². The van der Waals surface area contributed by atoms with Crippen LogP contribution in [0.4, 0.5) is 96.6 Å². The van der Waals surface area contributed by atoms with Crippen LogP contribution >= 0.6 is 0 Å². The Morgan fingerprint density at radius 2 is 0.775 bits per heavy atom. The summed E-state index contributed by atoms with van der Waals surface area (Å²) in [5.74, 6) is -33.3. The standard InChI is InChI=1S/C12F22O6/c13-3(8(22,23)24,38-11(31,32)6(18,19)9(25,26)27)2(36)37-40-5(17,1(35)4(14,15)16)39-12(33,34)7(20,21)10(28,29)30. The van der Waals surface area contributed by atoms with Crippen LogP contribution in [-0.2, 0) is 28.8 Å². The van der Waals surface area contributed by atoms with Crippen LogP contribution in [0.3, 0.4) is 0 Å². The van der Waals surface area contributed by atoms with E-state index in [4.69, 9.17) is 0 Å². The number of alkyl halides is 22. The maximum Gasteiger partial charge on any atom is 0.462 e. The van der Waals surface area contributed by atoms with Crippen LogP contribution in [0, 0.1) is 0 Å². The molecule has 0 radical (unpaired) electrons. The van der Waals surface area contributed by atoms with Crippen molar-refractivity contribution in [2.45, 2.75) is 60.7 Å². The lowest BCUT2D eigenvalue weighted by Gasteiger charge is -2.34. The minimum atomic E-state index is -7.91. The number of carbonyl (C=O) groups is 2. The van der Waals surface area contributed by atoms with Gasteiger partial charge in [-0.3, -0.25) is 14.4 Å². The van der Waals surface area contributed by atoms with Gasteiger partial charge in [0, 0.05) is 0 Å². The Bertz CT molecular complexity index is 944. The maximum absolute atomic E-state index is 14.0. The molecule has 0 saturated carbocycles. The average Bonchev–Trinajstić information content (AvgIpc) is 2.67. The third-order valence-corrected chi connectivity index (χ3v) is 3.35. The van der Waals surface area contributed by atoms with Gasteiger partial charge in [-0.25, -0.2) is 9.53 Å². The van der Waals surface area contributed by atoms with Crippen molar-refractivity contribution < 1.29 is 125 Å². The van der Waals surface area contributed by atoms with Gasteiger partial charge in [-0.05, 0) is 0 Å². The molecule has 6 nitrogen and oxygen atoms in total. The molecule has 0 aromatic heterocycles. The summed E-state index contributed by atoms with van der Waals surface area (Å²) >= 11 is 0. The first-order valence-corrected chi connectivity index (χ1v) is 7.96. The minimum Gasteiger partial charge on any atom is -0.285 e. The molecule has 2 unspecified atom stereocenters. The van der Waals surface area contributed by atoms with Crippen LogP contribution in [0.2, 0.25) is 0 Å². The summed E-state index contributed by atoms with van der Waals surface area (Å²) in [4.78, 5) is 25.6. The lowest BCUT2D eigenvalue weighted by Crippen LogP contribution is -2.62. The first-order chi connectivity index (χ1) is 16.9. The zero-order valence-electron chi connectivity index (χ0n) is 16.8. The fourth-order valence-electron chi connectivity index (χ4n) is 1.43. The van der Waals surface area contributed by atoms with Crippen LogP contribution in [0.5, 0.6) is 0 Å². The molecule has 0 amide bonds. The molecule has 238 valence electrons. The van der Waals surface area contributed by atoms with Gasteiger partial charge in [0.25, 0.3) is 0 Å². The van der Waals surface area contributed by atoms with E-state index in [9.17, 15) is 106 Å². The first kappa shape index (κ1) is 37.5. The van der Waals surface area contributed by atoms with Gasteiger partial charge < -0.3 is 0 Å². The van der Waals surface area contributed by atoms with Gasteiger partial charge in [0.15, 0.2) is 0 Å². The summed E-state index contributed by atoms with van der Waals surface area (Å²) in [5, 5.41) is 0. The average molecular weight is 658 g/mol. The van der Waals surface area contributed by atoms with Gasteiger partial charge in [0.2, 0.25) is 0 Å². The van der Waals surface area contributed by atoms with Crippen molar-refractivity contribution in [2.75, 3.05) is 0 Å². The quantitative estimate of drug-likeness (QED) is 0.123. The predicted molar refractivity (Wildman–Crippen MR) is 66.0 cm³/mol. The van der Waals surface area contributed by atoms with E-state index in [0.29, 0.717) is 0 Å². The molecular formula is C12F22O6. The summed E-state index contributed by atoms with van der Waals surface area (Å²) in [6.45, 7) is 0. The zero-order chi connectivity index (χ0) is 33.0. The molecule has 0 saturated heterocycles. The highest BCUT2D eigenvalue weighted by Gasteiger charge is 2.81. The summed E-state index contributed by atoms with van der Waals surface area (Å²) < 4.78 is 281. The second-order valence-corrected chi connectivity index (χ2v) is 6.29. The normalized spacial score (nSPS) is 18.1. The van der Waals surface area contributed by atoms with E-state index in [2.05, 4.69) is 0 Å². The predicted octanol–water partition coefficient (Wildman–Crippen LogP) is 6.06. The number of hydrogen-bond donors (Lipinski definition) is 0. The van der Waals surface area contributed by atoms with Gasteiger partial charge in [0.1, 0.15) is 0 Å². The highest BCUT2D eigenvalue weighted by molar-refractivity contribution is 5.89. The lowest BCUT2D eigenvalue weighted by atomic mass is 10.2. The maximum atomic E-state index is 14.0. The number of halogens is 22. The minimum absolute atomic E-state index is 1.40. The smallest absolute Gasteiger partial charge is 0.285 e. The number of rotatable bonds is 10. The SMILES string of the molecule is O=C(C(F)(F)F)C(F)(OOC(=O)C(F)(OC(F)(F)C(F)(F)C(F)(F)F)C(F)(F)F)OC(F)(F)C(F)(F)C(F)(F)F. The van der Waals surface area contributed by atoms with Crippen molar-refractivity contribution in [3.63, 3.8) is 0 Å². The van der Waals surface area contributed by atoms with E-state index in [0.717, 1.165) is 0 Å². The van der Waals surface area contributed by atoms with Crippen molar-refractivity contribution in [1.29, 1.82) is 0 Å². The van der Waals surface area contributed by atoms with Crippen LogP contribution in [0.1, 0.15) is 0 Å². The Morgan fingerprint density at radius 1 is 0.450 bits per heavy atom. The van der Waals surface area contributed by atoms with E-state index in [1.807, 2.05) is 9.78 Å². The monoisotopic (exact) mass is 658 g/mol. The number of hydrogen-bond acceptors (Lipinski definition) is 6. The lowest BCUT2D eigenvalue weighted by molar-refractivity contribution is -0.525. The Hall–Kier alpha value is -2.52. The molecule has 0 heterocycles. The molecule has 0 aliphatic rings. The molecule has 0 aliphatic heterocycles. The fraction of sp³-hybridized carbons (Fsp3) is 0.833. The third-order valence-electron chi connectivity index (χ3n) is 3.35. The van der Waals surface area contributed by atoms with Gasteiger partial charge >= 0.3 is 72.4 Å². The van der Waals surface area contributed by atoms with Crippen LogP contribution < -0.4 is 0 Å². The van der Waals surface area contributed by atoms with Gasteiger partial charge in [-0.15, -0.1) is 4.89 Å². The third kappa shape index (κ3) is 6.85.